The second-order valence-electron chi connectivity index (χ2n) is 15.3. The van der Waals surface area contributed by atoms with E-state index in [9.17, 15) is 28.8 Å². The zero-order valence-electron chi connectivity index (χ0n) is 29.2. The standard InChI is InChI=1S/C37H43ClN6O7/c1-5-29(45)31(47)25(13-20-9-10-20)41-34(49)28-17-37(16-26(43-51-37)21-7-6-8-22(38)14-21)19-44(28)35(50)32(36(2,3)4)42-33(48)24-15-23(24)30(46)27-18-39-11-12-40-27/h6-8,11-12,14,18,20,23-25,28,32H,5,9-10,13,15-17,19H2,1-4H3,(H,41,49)(H,42,48)/t23?,24?,25-,28-,32+,37+/m0/s1. The summed E-state index contributed by atoms with van der Waals surface area (Å²) in [6, 6.07) is 3.96. The van der Waals surface area contributed by atoms with Crippen LogP contribution in [0.1, 0.15) is 88.7 Å². The Morgan fingerprint density at radius 3 is 2.47 bits per heavy atom. The highest BCUT2D eigenvalue weighted by Crippen LogP contribution is 2.43. The van der Waals surface area contributed by atoms with Crippen molar-refractivity contribution in [2.24, 2.45) is 28.3 Å². The van der Waals surface area contributed by atoms with Crippen LogP contribution in [0.15, 0.2) is 48.0 Å². The quantitative estimate of drug-likeness (QED) is 0.232. The van der Waals surface area contributed by atoms with Crippen molar-refractivity contribution in [1.82, 2.24) is 25.5 Å². The molecule has 13 nitrogen and oxygen atoms in total. The lowest BCUT2D eigenvalue weighted by atomic mass is 9.85. The molecule has 1 aromatic carbocycles. The van der Waals surface area contributed by atoms with E-state index in [1.165, 1.54) is 23.5 Å². The minimum atomic E-state index is -1.09. The second-order valence-corrected chi connectivity index (χ2v) is 15.7. The van der Waals surface area contributed by atoms with Gasteiger partial charge in [-0.3, -0.25) is 33.8 Å². The fourth-order valence-electron chi connectivity index (χ4n) is 6.96. The van der Waals surface area contributed by atoms with Crippen LogP contribution in [0.4, 0.5) is 0 Å². The van der Waals surface area contributed by atoms with Crippen LogP contribution in [0.5, 0.6) is 0 Å². The molecule has 2 aliphatic carbocycles. The molecule has 3 fully saturated rings. The summed E-state index contributed by atoms with van der Waals surface area (Å²) in [4.78, 5) is 96.3. The number of nitrogens with one attached hydrogen (secondary N) is 2. The molecule has 2 unspecified atom stereocenters. The third-order valence-corrected chi connectivity index (χ3v) is 10.4. The van der Waals surface area contributed by atoms with Gasteiger partial charge in [-0.05, 0) is 36.3 Å². The minimum absolute atomic E-state index is 0.0175. The first-order valence-electron chi connectivity index (χ1n) is 17.5. The van der Waals surface area contributed by atoms with Crippen LogP contribution in [0, 0.1) is 23.2 Å². The molecular weight excluding hydrogens is 676 g/mol. The molecule has 3 heterocycles. The number of carbonyl (C=O) groups is 6. The molecule has 2 aromatic rings. The zero-order chi connectivity index (χ0) is 36.7. The molecule has 0 bridgehead atoms. The molecular formula is C37H43ClN6O7. The van der Waals surface area contributed by atoms with Gasteiger partial charge in [0.2, 0.25) is 23.5 Å². The number of ketones is 3. The first kappa shape index (κ1) is 36.3. The summed E-state index contributed by atoms with van der Waals surface area (Å²) in [5.41, 5.74) is -0.350. The maximum absolute atomic E-state index is 14.6. The average molecular weight is 719 g/mol. The molecule has 0 radical (unpaired) electrons. The van der Waals surface area contributed by atoms with Gasteiger partial charge in [0, 0.05) is 54.1 Å². The number of likely N-dealkylation sites (tertiary alicyclic amines) is 1. The Bertz CT molecular complexity index is 1770. The number of amides is 3. The molecule has 6 rings (SSSR count). The maximum Gasteiger partial charge on any atom is 0.246 e. The van der Waals surface area contributed by atoms with Crippen LogP contribution in [-0.2, 0) is 28.8 Å². The molecule has 14 heteroatoms. The van der Waals surface area contributed by atoms with E-state index in [1.54, 1.807) is 45.9 Å². The van der Waals surface area contributed by atoms with Crippen molar-refractivity contribution >= 4 is 52.4 Å². The maximum atomic E-state index is 14.6. The van der Waals surface area contributed by atoms with Gasteiger partial charge in [-0.25, -0.2) is 4.98 Å². The van der Waals surface area contributed by atoms with E-state index in [-0.39, 0.29) is 43.2 Å². The summed E-state index contributed by atoms with van der Waals surface area (Å²) in [6.45, 7) is 6.99. The van der Waals surface area contributed by atoms with Gasteiger partial charge in [0.05, 0.1) is 24.5 Å². The van der Waals surface area contributed by atoms with E-state index in [0.717, 1.165) is 18.4 Å². The lowest BCUT2D eigenvalue weighted by Crippen LogP contribution is -2.59. The van der Waals surface area contributed by atoms with Crippen LogP contribution >= 0.6 is 11.6 Å². The summed E-state index contributed by atoms with van der Waals surface area (Å²) >= 11 is 6.24. The van der Waals surface area contributed by atoms with Gasteiger partial charge in [-0.1, -0.05) is 69.4 Å². The SMILES string of the molecule is CCC(=O)C(=O)[C@H](CC1CC1)NC(=O)[C@@H]1C[C@]2(CC(c3cccc(Cl)c3)=NO2)CN1C(=O)[C@@H](NC(=O)C1CC1C(=O)c1cnccn1)C(C)(C)C. The van der Waals surface area contributed by atoms with Gasteiger partial charge in [-0.2, -0.15) is 0 Å². The van der Waals surface area contributed by atoms with Crippen LogP contribution in [0.2, 0.25) is 5.02 Å². The van der Waals surface area contributed by atoms with Crippen molar-refractivity contribution in [3.8, 4) is 0 Å². The highest BCUT2D eigenvalue weighted by molar-refractivity contribution is 6.39. The van der Waals surface area contributed by atoms with E-state index in [1.807, 2.05) is 6.07 Å². The van der Waals surface area contributed by atoms with E-state index in [0.29, 0.717) is 23.6 Å². The number of rotatable bonds is 13. The zero-order valence-corrected chi connectivity index (χ0v) is 29.9. The predicted molar refractivity (Wildman–Crippen MR) is 185 cm³/mol. The smallest absolute Gasteiger partial charge is 0.246 e. The average Bonchev–Trinajstić information content (AvgIpc) is 4.03. The summed E-state index contributed by atoms with van der Waals surface area (Å²) in [6.07, 6.45) is 7.07. The minimum Gasteiger partial charge on any atom is -0.387 e. The lowest BCUT2D eigenvalue weighted by molar-refractivity contribution is -0.145. The first-order chi connectivity index (χ1) is 24.2. The number of hydrogen-bond acceptors (Lipinski definition) is 10. The molecule has 1 aromatic heterocycles. The Kier molecular flexibility index (Phi) is 10.1. The molecule has 2 saturated carbocycles. The Morgan fingerprint density at radius 1 is 1.06 bits per heavy atom. The number of aromatic nitrogens is 2. The second kappa shape index (κ2) is 14.2. The van der Waals surface area contributed by atoms with Gasteiger partial charge < -0.3 is 20.4 Å². The molecule has 51 heavy (non-hydrogen) atoms. The van der Waals surface area contributed by atoms with E-state index < -0.39 is 70.3 Å². The molecule has 4 aliphatic rings. The number of benzene rings is 1. The van der Waals surface area contributed by atoms with Gasteiger partial charge in [0.15, 0.2) is 17.2 Å². The van der Waals surface area contributed by atoms with Crippen LogP contribution in [0.25, 0.3) is 0 Å². The third kappa shape index (κ3) is 8.03. The number of halogens is 1. The number of hydrogen-bond donors (Lipinski definition) is 2. The molecule has 6 atom stereocenters. The number of Topliss-reactive ketones (excluding diaryl/α,β-unsaturated/α-hetero) is 3. The van der Waals surface area contributed by atoms with Crippen molar-refractivity contribution in [2.45, 2.75) is 96.4 Å². The van der Waals surface area contributed by atoms with Crippen molar-refractivity contribution < 1.29 is 33.6 Å². The van der Waals surface area contributed by atoms with Crippen molar-refractivity contribution in [3.05, 3.63) is 59.1 Å². The molecule has 2 aliphatic heterocycles. The molecule has 3 amide bonds. The first-order valence-corrected chi connectivity index (χ1v) is 17.9. The lowest BCUT2D eigenvalue weighted by Gasteiger charge is -2.35. The van der Waals surface area contributed by atoms with E-state index >= 15 is 0 Å². The molecule has 2 N–H and O–H groups in total. The Hall–Kier alpha value is -4.52. The van der Waals surface area contributed by atoms with Crippen molar-refractivity contribution in [2.75, 3.05) is 6.54 Å². The van der Waals surface area contributed by atoms with Gasteiger partial charge in [0.1, 0.15) is 17.8 Å². The van der Waals surface area contributed by atoms with Gasteiger partial charge in [-0.15, -0.1) is 0 Å². The number of oxime groups is 1. The van der Waals surface area contributed by atoms with E-state index in [4.69, 9.17) is 16.4 Å². The Morgan fingerprint density at radius 2 is 1.82 bits per heavy atom. The summed E-state index contributed by atoms with van der Waals surface area (Å²) in [5.74, 6) is -4.04. The highest BCUT2D eigenvalue weighted by atomic mass is 35.5. The van der Waals surface area contributed by atoms with Crippen LogP contribution < -0.4 is 10.6 Å². The van der Waals surface area contributed by atoms with Crippen molar-refractivity contribution in [3.63, 3.8) is 0 Å². The molecule has 1 spiro atoms. The predicted octanol–water partition coefficient (Wildman–Crippen LogP) is 3.48. The topological polar surface area (TPSA) is 177 Å². The normalized spacial score (nSPS) is 25.0. The molecule has 1 saturated heterocycles. The monoisotopic (exact) mass is 718 g/mol. The fraction of sp³-hybridized carbons (Fsp3) is 0.541. The third-order valence-electron chi connectivity index (χ3n) is 10.2. The molecule has 270 valence electrons. The Labute approximate surface area is 301 Å². The highest BCUT2D eigenvalue weighted by Gasteiger charge is 2.56. The van der Waals surface area contributed by atoms with Gasteiger partial charge >= 0.3 is 0 Å². The van der Waals surface area contributed by atoms with E-state index in [2.05, 4.69) is 25.8 Å². The van der Waals surface area contributed by atoms with Crippen LogP contribution in [-0.4, -0.2) is 85.9 Å². The van der Waals surface area contributed by atoms with Gasteiger partial charge in [0.25, 0.3) is 0 Å². The number of carbonyl (C=O) groups excluding carboxylic acids is 6. The van der Waals surface area contributed by atoms with Crippen molar-refractivity contribution in [1.29, 1.82) is 0 Å². The summed E-state index contributed by atoms with van der Waals surface area (Å²) in [7, 11) is 0. The largest absolute Gasteiger partial charge is 0.387 e. The number of nitrogens with zero attached hydrogens (tertiary/aromatic N) is 4. The Balaban J connectivity index is 1.24. The fourth-order valence-corrected chi connectivity index (χ4v) is 7.15. The summed E-state index contributed by atoms with van der Waals surface area (Å²) < 4.78 is 0. The summed E-state index contributed by atoms with van der Waals surface area (Å²) in [5, 5.41) is 10.6. The van der Waals surface area contributed by atoms with Crippen LogP contribution in [0.3, 0.4) is 0 Å².